The van der Waals surface area contributed by atoms with Crippen molar-refractivity contribution >= 4 is 87.0 Å². The van der Waals surface area contributed by atoms with Crippen LogP contribution in [0.2, 0.25) is 0 Å². The summed E-state index contributed by atoms with van der Waals surface area (Å²) in [5.41, 5.74) is 22.2. The molecule has 7 aliphatic rings. The van der Waals surface area contributed by atoms with E-state index < -0.39 is 90.7 Å². The first-order valence-electron chi connectivity index (χ1n) is 46.4. The molecule has 710 valence electrons. The van der Waals surface area contributed by atoms with Gasteiger partial charge in [0.2, 0.25) is 23.6 Å². The maximum atomic E-state index is 14.8. The fourth-order valence-corrected chi connectivity index (χ4v) is 19.3. The highest BCUT2D eigenvalue weighted by atomic mass is 16.6. The summed E-state index contributed by atoms with van der Waals surface area (Å²) in [7, 11) is 4.62. The number of fused-ring (bicyclic) bond motifs is 7. The van der Waals surface area contributed by atoms with E-state index in [1.165, 1.54) is 30.7 Å². The summed E-state index contributed by atoms with van der Waals surface area (Å²) in [4.78, 5) is 132. The summed E-state index contributed by atoms with van der Waals surface area (Å²) in [5, 5.41) is 60.7. The average molecular weight is 1820 g/mol. The zero-order valence-corrected chi connectivity index (χ0v) is 77.3. The second-order valence-electron chi connectivity index (χ2n) is 36.6. The van der Waals surface area contributed by atoms with Gasteiger partial charge in [-0.1, -0.05) is 94.4 Å². The van der Waals surface area contributed by atoms with Crippen LogP contribution >= 0.6 is 0 Å². The number of Topliss-reactive ketones (excluding diaryl/α,β-unsaturated/α-hetero) is 1. The van der Waals surface area contributed by atoms with Crippen molar-refractivity contribution in [2.24, 2.45) is 40.7 Å². The van der Waals surface area contributed by atoms with E-state index in [0.29, 0.717) is 185 Å². The molecule has 2 aromatic carbocycles. The minimum absolute atomic E-state index is 0.0177. The van der Waals surface area contributed by atoms with E-state index in [0.717, 1.165) is 39.1 Å². The smallest absolute Gasteiger partial charge is 0.329 e. The molecule has 2 bridgehead atoms. The molecule has 0 radical (unpaired) electrons. The number of piperidine rings is 1. The molecule has 11 heterocycles. The molecule has 14 rings (SSSR count). The van der Waals surface area contributed by atoms with Crippen LogP contribution < -0.4 is 26.6 Å². The molecule has 16 atom stereocenters. The van der Waals surface area contributed by atoms with Crippen LogP contribution in [0, 0.1) is 35.5 Å². The second kappa shape index (κ2) is 44.2. The summed E-state index contributed by atoms with van der Waals surface area (Å²) in [5.74, 6) is -6.79. The van der Waals surface area contributed by atoms with Gasteiger partial charge < -0.3 is 99.4 Å². The predicted molar refractivity (Wildman–Crippen MR) is 492 cm³/mol. The molecule has 36 nitrogen and oxygen atoms in total. The number of cyclic esters (lactones) is 1. The number of hydrogen-bond acceptors (Lipinski definition) is 31. The highest BCUT2D eigenvalue weighted by molar-refractivity contribution is 6.39. The summed E-state index contributed by atoms with van der Waals surface area (Å²) in [6.07, 6.45) is 17.7. The molecule has 1 aliphatic carbocycles. The lowest BCUT2D eigenvalue weighted by Gasteiger charge is -2.43. The SMILES string of the molecule is CO[C@H]1C[C@@H]2CC[C@@H](C)[C@@](O)(O2)C(=O)C(=O)N2CCCC[C@H]2C(=O)O[C@H]([C@H](C)C[C@@H]2CC[C@@H](O)[C@H](OC)C2)C[C@@H](O)[C@H](C)/C=C(\C)[C@@H](O)[C@@H](OC)C(=NOCC(=O)N2CCc3nc(N4CCN(c5ncc(C(=O)NCCOCCC(=O)N6CCc7cc(Cn8nc(-c9ccc%10oc(N)nc%10c9)c9c(N)ncnc98)ccc7C6)cn5)CC4)ncc3C2)[C@H](C)CC(C)/C=C/C=C/C=C/1C. The van der Waals surface area contributed by atoms with Crippen LogP contribution in [0.5, 0.6) is 0 Å². The molecular formula is C96H128N18O18. The van der Waals surface area contributed by atoms with Crippen molar-refractivity contribution in [3.05, 3.63) is 142 Å². The number of benzene rings is 2. The van der Waals surface area contributed by atoms with Crippen LogP contribution in [0.15, 0.2) is 118 Å². The minimum Gasteiger partial charge on any atom is -0.460 e. The lowest BCUT2D eigenvalue weighted by Crippen LogP contribution is -2.61. The van der Waals surface area contributed by atoms with Crippen LogP contribution in [-0.2, 0) is 89.7 Å². The van der Waals surface area contributed by atoms with E-state index in [9.17, 15) is 49.2 Å². The van der Waals surface area contributed by atoms with E-state index in [1.807, 2.05) is 83.8 Å². The standard InChI is InChI=1S/C96H128N18O18/c1-56-16-12-11-13-17-57(2)77(125-8)46-70-24-19-62(7)96(124,132-70)87(120)91(122)113-31-15-14-18-73(113)92(123)130-78(59(4)42-63-21-25-74(115)79(44-63)126-9)47-75(116)58(3)41-61(6)85(119)86(127-10)83(60(5)40-56)108-129-54-81(118)112-33-28-71-69(53-112)50-102-95(106-71)110-36-34-109(35-37-110)94-100-48-68(49-101-94)90(121)99-30-39-128-38-29-80(117)111-32-27-65-43-64(20-22-67(65)52-111)51-114-89-82(88(97)103-55-104-89)84(107-114)66-23-26-76-72(45-66)105-93(98)131-76/h11-13,16-17,20,22-23,26,41,43,45,48-50,55-56,58-60,62-63,70,73-75,77-79,85-86,115-116,119,124H,14-15,18-19,21,24-25,27-40,42,44,46-47,51-54H2,1-10H3,(H2,98,105)(H,99,121)(H2,97,103,104)/b13-11+,16-12+,57-17+,61-41+,108-83?/t56?,58-,59-,60-,62-,63+,70+,73+,74-,75-,77+,78+,79-,85-,86+,96-/m1/s1. The Morgan fingerprint density at radius 2 is 1.49 bits per heavy atom. The van der Waals surface area contributed by atoms with Gasteiger partial charge in [0.25, 0.3) is 29.5 Å². The monoisotopic (exact) mass is 1820 g/mol. The van der Waals surface area contributed by atoms with Crippen LogP contribution in [-0.4, -0.2) is 275 Å². The Balaban J connectivity index is 0.555. The number of hydrogen-bond donors (Lipinski definition) is 7. The third-order valence-corrected chi connectivity index (χ3v) is 27.3. The number of allylic oxidation sites excluding steroid dienone is 5. The third kappa shape index (κ3) is 23.2. The molecule has 1 saturated carbocycles. The van der Waals surface area contributed by atoms with Gasteiger partial charge in [-0.15, -0.1) is 0 Å². The molecule has 3 saturated heterocycles. The number of aliphatic hydroxyl groups excluding tert-OH is 3. The van der Waals surface area contributed by atoms with Crippen molar-refractivity contribution < 1.29 is 86.9 Å². The van der Waals surface area contributed by atoms with Gasteiger partial charge in [0.1, 0.15) is 47.7 Å². The zero-order chi connectivity index (χ0) is 93.6. The van der Waals surface area contributed by atoms with Crippen LogP contribution in [0.3, 0.4) is 0 Å². The molecule has 0 spiro atoms. The Hall–Kier alpha value is -11.1. The van der Waals surface area contributed by atoms with Gasteiger partial charge >= 0.3 is 5.97 Å². The van der Waals surface area contributed by atoms with Gasteiger partial charge in [0.05, 0.1) is 79.1 Å². The first-order chi connectivity index (χ1) is 63.5. The van der Waals surface area contributed by atoms with Crippen LogP contribution in [0.4, 0.5) is 23.7 Å². The fraction of sp³-hybridized carbons (Fsp3) is 0.573. The molecular weight excluding hydrogens is 1690 g/mol. The number of rotatable bonds is 21. The maximum absolute atomic E-state index is 14.8. The normalized spacial score (nSPS) is 28.5. The molecule has 4 amide bonds. The molecule has 9 N–H and O–H groups in total. The summed E-state index contributed by atoms with van der Waals surface area (Å²) >= 11 is 0. The number of nitrogen functional groups attached to an aromatic ring is 2. The number of carbonyl (C=O) groups excluding carboxylic acids is 6. The number of aromatic nitrogens is 9. The number of oxazole rings is 1. The van der Waals surface area contributed by atoms with Crippen LogP contribution in [0.25, 0.3) is 33.4 Å². The van der Waals surface area contributed by atoms with Gasteiger partial charge in [0, 0.05) is 154 Å². The Labute approximate surface area is 769 Å². The Morgan fingerprint density at radius 3 is 2.27 bits per heavy atom. The van der Waals surface area contributed by atoms with Crippen molar-refractivity contribution in [1.29, 1.82) is 0 Å². The van der Waals surface area contributed by atoms with Crippen molar-refractivity contribution in [2.75, 3.05) is 115 Å². The Kier molecular flexibility index (Phi) is 32.4. The maximum Gasteiger partial charge on any atom is 0.329 e. The van der Waals surface area contributed by atoms with Crippen molar-refractivity contribution in [3.8, 4) is 11.3 Å². The number of nitrogens with zero attached hydrogens (tertiary/aromatic N) is 15. The van der Waals surface area contributed by atoms with Gasteiger partial charge in [0.15, 0.2) is 17.8 Å². The van der Waals surface area contributed by atoms with Crippen molar-refractivity contribution in [3.63, 3.8) is 0 Å². The van der Waals surface area contributed by atoms with Gasteiger partial charge in [-0.05, 0) is 148 Å². The number of methoxy groups -OCH3 is 3. The largest absolute Gasteiger partial charge is 0.460 e. The van der Waals surface area contributed by atoms with Crippen LogP contribution in [0.1, 0.15) is 170 Å². The molecule has 5 aromatic heterocycles. The number of ketones is 1. The topological polar surface area (TPSA) is 462 Å². The molecule has 7 aromatic rings. The first kappa shape index (κ1) is 96.9. The van der Waals surface area contributed by atoms with Gasteiger partial charge in [-0.2, -0.15) is 10.1 Å². The molecule has 1 unspecified atom stereocenters. The number of piperazine rings is 1. The van der Waals surface area contributed by atoms with Crippen molar-refractivity contribution in [1.82, 2.24) is 64.7 Å². The Bertz CT molecular complexity index is 5380. The third-order valence-electron chi connectivity index (χ3n) is 27.3. The van der Waals surface area contributed by atoms with E-state index >= 15 is 0 Å². The summed E-state index contributed by atoms with van der Waals surface area (Å²) < 4.78 is 43.6. The van der Waals surface area contributed by atoms with Gasteiger partial charge in [-0.3, -0.25) is 24.0 Å². The number of amides is 4. The number of anilines is 4. The fourth-order valence-electron chi connectivity index (χ4n) is 19.3. The average Bonchev–Trinajstić information content (AvgIpc) is 1.60. The van der Waals surface area contributed by atoms with E-state index in [2.05, 4.69) is 59.3 Å². The number of nitrogens with two attached hydrogens (primary N) is 2. The molecule has 6 aliphatic heterocycles. The minimum atomic E-state index is -2.47. The molecule has 36 heteroatoms. The summed E-state index contributed by atoms with van der Waals surface area (Å²) in [6, 6.07) is 10.7. The van der Waals surface area contributed by atoms with E-state index in [1.54, 1.807) is 58.2 Å². The first-order valence-corrected chi connectivity index (χ1v) is 46.4. The Morgan fingerprint density at radius 1 is 0.735 bits per heavy atom. The number of nitrogens with one attached hydrogen (secondary N) is 1. The van der Waals surface area contributed by atoms with Crippen molar-refractivity contribution in [2.45, 2.75) is 225 Å². The lowest BCUT2D eigenvalue weighted by molar-refractivity contribution is -0.265. The number of carbonyl (C=O) groups is 6. The van der Waals surface area contributed by atoms with E-state index in [4.69, 9.17) is 64.2 Å². The molecule has 132 heavy (non-hydrogen) atoms. The highest BCUT2D eigenvalue weighted by Crippen LogP contribution is 2.40. The molecule has 4 fully saturated rings. The number of esters is 1. The number of ether oxygens (including phenoxy) is 6. The predicted octanol–water partition coefficient (Wildman–Crippen LogP) is 8.15. The number of oxime groups is 1. The highest BCUT2D eigenvalue weighted by Gasteiger charge is 2.53. The summed E-state index contributed by atoms with van der Waals surface area (Å²) in [6.45, 7) is 17.7. The van der Waals surface area contributed by atoms with Gasteiger partial charge in [-0.25, -0.2) is 39.4 Å². The second-order valence-corrected chi connectivity index (χ2v) is 36.6. The zero-order valence-electron chi connectivity index (χ0n) is 77.3. The lowest BCUT2D eigenvalue weighted by atomic mass is 9.78. The number of aliphatic hydroxyl groups is 4. The quantitative estimate of drug-likeness (QED) is 0.0117. The van der Waals surface area contributed by atoms with E-state index in [-0.39, 0.29) is 112 Å².